The zero-order valence-electron chi connectivity index (χ0n) is 9.52. The van der Waals surface area contributed by atoms with Crippen LogP contribution in [-0.2, 0) is 4.79 Å². The van der Waals surface area contributed by atoms with Gasteiger partial charge in [-0.3, -0.25) is 4.79 Å². The molecule has 0 aromatic heterocycles. The lowest BCUT2D eigenvalue weighted by atomic mass is 10.1. The number of nitrogens with two attached hydrogens (primary N) is 1. The Hall–Kier alpha value is -1.35. The molecule has 0 radical (unpaired) electrons. The zero-order chi connectivity index (χ0) is 11.5. The Morgan fingerprint density at radius 1 is 1.50 bits per heavy atom. The van der Waals surface area contributed by atoms with Crippen LogP contribution in [0, 0.1) is 5.92 Å². The van der Waals surface area contributed by atoms with Crippen molar-refractivity contribution in [3.8, 4) is 0 Å². The summed E-state index contributed by atoms with van der Waals surface area (Å²) in [5, 5.41) is 2.93. The van der Waals surface area contributed by atoms with Crippen molar-refractivity contribution < 1.29 is 4.79 Å². The van der Waals surface area contributed by atoms with Crippen molar-refractivity contribution >= 4 is 5.91 Å². The molecule has 1 fully saturated rings. The molecule has 3 nitrogen and oxygen atoms in total. The largest absolute Gasteiger partial charge is 0.352 e. The van der Waals surface area contributed by atoms with E-state index in [9.17, 15) is 4.79 Å². The summed E-state index contributed by atoms with van der Waals surface area (Å²) in [7, 11) is 0. The van der Waals surface area contributed by atoms with Crippen LogP contribution in [0.2, 0.25) is 0 Å². The normalized spacial score (nSPS) is 24.9. The molecule has 2 rings (SSSR count). The second-order valence-corrected chi connectivity index (χ2v) is 4.50. The molecular weight excluding hydrogens is 200 g/mol. The number of carbonyl (C=O) groups excluding carboxylic acids is 1. The van der Waals surface area contributed by atoms with E-state index < -0.39 is 0 Å². The van der Waals surface area contributed by atoms with Crippen molar-refractivity contribution in [2.75, 3.05) is 6.54 Å². The fraction of sp³-hybridized carbons (Fsp3) is 0.462. The molecule has 1 aromatic rings. The van der Waals surface area contributed by atoms with Gasteiger partial charge >= 0.3 is 0 Å². The minimum absolute atomic E-state index is 0.0736. The van der Waals surface area contributed by atoms with E-state index in [1.807, 2.05) is 25.1 Å². The maximum absolute atomic E-state index is 11.8. The smallest absolute Gasteiger partial charge is 0.224 e. The van der Waals surface area contributed by atoms with Crippen LogP contribution in [0.15, 0.2) is 30.3 Å². The fourth-order valence-corrected chi connectivity index (χ4v) is 1.96. The first-order valence-corrected chi connectivity index (χ1v) is 5.77. The maximum atomic E-state index is 11.8. The predicted molar refractivity (Wildman–Crippen MR) is 63.9 cm³/mol. The number of carbonyl (C=O) groups is 1. The fourth-order valence-electron chi connectivity index (χ4n) is 1.96. The van der Waals surface area contributed by atoms with Gasteiger partial charge in [0.2, 0.25) is 5.91 Å². The van der Waals surface area contributed by atoms with Gasteiger partial charge < -0.3 is 11.1 Å². The van der Waals surface area contributed by atoms with Crippen LogP contribution >= 0.6 is 0 Å². The van der Waals surface area contributed by atoms with Gasteiger partial charge in [-0.1, -0.05) is 30.3 Å². The number of hydrogen-bond donors (Lipinski definition) is 2. The van der Waals surface area contributed by atoms with Crippen LogP contribution in [-0.4, -0.2) is 18.5 Å². The average Bonchev–Trinajstić information content (AvgIpc) is 3.10. The zero-order valence-corrected chi connectivity index (χ0v) is 9.52. The average molecular weight is 218 g/mol. The molecule has 16 heavy (non-hydrogen) atoms. The molecule has 3 N–H and O–H groups in total. The number of nitrogens with one attached hydrogen (secondary N) is 1. The molecule has 3 heteroatoms. The predicted octanol–water partition coefficient (Wildman–Crippen LogP) is 1.25. The third kappa shape index (κ3) is 2.42. The summed E-state index contributed by atoms with van der Waals surface area (Å²) in [6, 6.07) is 10.3. The number of rotatable bonds is 4. The van der Waals surface area contributed by atoms with Crippen molar-refractivity contribution in [1.29, 1.82) is 0 Å². The third-order valence-electron chi connectivity index (χ3n) is 3.10. The van der Waals surface area contributed by atoms with E-state index in [-0.39, 0.29) is 17.9 Å². The maximum Gasteiger partial charge on any atom is 0.224 e. The van der Waals surface area contributed by atoms with Crippen LogP contribution in [0.3, 0.4) is 0 Å². The standard InChI is InChI=1S/C13H18N2O/c1-9(8-14)15-13(16)12-7-11(12)10-5-3-2-4-6-10/h2-6,9,11-12H,7-8,14H2,1H3,(H,15,16). The van der Waals surface area contributed by atoms with Gasteiger partial charge in [0.15, 0.2) is 0 Å². The first-order chi connectivity index (χ1) is 7.72. The van der Waals surface area contributed by atoms with E-state index in [2.05, 4.69) is 17.4 Å². The SMILES string of the molecule is CC(CN)NC(=O)C1CC1c1ccccc1. The highest BCUT2D eigenvalue weighted by Crippen LogP contribution is 2.47. The highest BCUT2D eigenvalue weighted by atomic mass is 16.2. The molecule has 0 bridgehead atoms. The first kappa shape index (κ1) is 11.1. The van der Waals surface area contributed by atoms with Crippen LogP contribution in [0.1, 0.15) is 24.8 Å². The number of benzene rings is 1. The Morgan fingerprint density at radius 2 is 2.19 bits per heavy atom. The van der Waals surface area contributed by atoms with Gasteiger partial charge in [-0.2, -0.15) is 0 Å². The van der Waals surface area contributed by atoms with E-state index >= 15 is 0 Å². The van der Waals surface area contributed by atoms with Gasteiger partial charge in [0.1, 0.15) is 0 Å². The molecule has 1 aliphatic carbocycles. The summed E-state index contributed by atoms with van der Waals surface area (Å²) < 4.78 is 0. The van der Waals surface area contributed by atoms with Gasteiger partial charge in [-0.05, 0) is 24.8 Å². The molecule has 1 saturated carbocycles. The summed E-state index contributed by atoms with van der Waals surface area (Å²) >= 11 is 0. The van der Waals surface area contributed by atoms with Crippen LogP contribution in [0.25, 0.3) is 0 Å². The molecule has 1 aliphatic rings. The molecule has 3 unspecified atom stereocenters. The Morgan fingerprint density at radius 3 is 2.81 bits per heavy atom. The topological polar surface area (TPSA) is 55.1 Å². The minimum Gasteiger partial charge on any atom is -0.352 e. The van der Waals surface area contributed by atoms with Crippen molar-refractivity contribution in [3.05, 3.63) is 35.9 Å². The van der Waals surface area contributed by atoms with Gasteiger partial charge in [-0.15, -0.1) is 0 Å². The summed E-state index contributed by atoms with van der Waals surface area (Å²) in [6.45, 7) is 2.42. The monoisotopic (exact) mass is 218 g/mol. The second-order valence-electron chi connectivity index (χ2n) is 4.50. The van der Waals surface area contributed by atoms with E-state index in [0.717, 1.165) is 6.42 Å². The molecule has 0 aliphatic heterocycles. The quantitative estimate of drug-likeness (QED) is 0.799. The van der Waals surface area contributed by atoms with Gasteiger partial charge in [-0.25, -0.2) is 0 Å². The molecule has 1 amide bonds. The lowest BCUT2D eigenvalue weighted by Crippen LogP contribution is -2.38. The lowest BCUT2D eigenvalue weighted by Gasteiger charge is -2.10. The van der Waals surface area contributed by atoms with Crippen molar-refractivity contribution in [1.82, 2.24) is 5.32 Å². The van der Waals surface area contributed by atoms with E-state index in [4.69, 9.17) is 5.73 Å². The number of hydrogen-bond acceptors (Lipinski definition) is 2. The Bertz CT molecular complexity index is 363. The van der Waals surface area contributed by atoms with Gasteiger partial charge in [0.05, 0.1) is 0 Å². The molecule has 1 aromatic carbocycles. The van der Waals surface area contributed by atoms with Crippen molar-refractivity contribution in [2.45, 2.75) is 25.3 Å². The number of amides is 1. The van der Waals surface area contributed by atoms with E-state index in [0.29, 0.717) is 12.5 Å². The second kappa shape index (κ2) is 4.66. The Balaban J connectivity index is 1.89. The Kier molecular flexibility index (Phi) is 3.25. The van der Waals surface area contributed by atoms with E-state index in [1.54, 1.807) is 0 Å². The summed E-state index contributed by atoms with van der Waals surface area (Å²) in [6.07, 6.45) is 0.965. The highest BCUT2D eigenvalue weighted by molar-refractivity contribution is 5.83. The first-order valence-electron chi connectivity index (χ1n) is 5.77. The lowest BCUT2D eigenvalue weighted by molar-refractivity contribution is -0.122. The van der Waals surface area contributed by atoms with Crippen molar-refractivity contribution in [3.63, 3.8) is 0 Å². The van der Waals surface area contributed by atoms with E-state index in [1.165, 1.54) is 5.56 Å². The van der Waals surface area contributed by atoms with Gasteiger partial charge in [0.25, 0.3) is 0 Å². The third-order valence-corrected chi connectivity index (χ3v) is 3.10. The highest BCUT2D eigenvalue weighted by Gasteiger charge is 2.43. The Labute approximate surface area is 96.0 Å². The molecule has 0 saturated heterocycles. The van der Waals surface area contributed by atoms with Gasteiger partial charge in [0, 0.05) is 18.5 Å². The van der Waals surface area contributed by atoms with Crippen molar-refractivity contribution in [2.24, 2.45) is 11.7 Å². The molecule has 0 spiro atoms. The van der Waals surface area contributed by atoms with Crippen LogP contribution in [0.4, 0.5) is 0 Å². The molecule has 86 valence electrons. The van der Waals surface area contributed by atoms with Crippen LogP contribution in [0.5, 0.6) is 0 Å². The summed E-state index contributed by atoms with van der Waals surface area (Å²) in [4.78, 5) is 11.8. The summed E-state index contributed by atoms with van der Waals surface area (Å²) in [5.41, 5.74) is 6.74. The molecule has 0 heterocycles. The van der Waals surface area contributed by atoms with Crippen LogP contribution < -0.4 is 11.1 Å². The minimum atomic E-state index is 0.0736. The molecule has 3 atom stereocenters. The summed E-state index contributed by atoms with van der Waals surface area (Å²) in [5.74, 6) is 0.703. The molecular formula is C13H18N2O.